The summed E-state index contributed by atoms with van der Waals surface area (Å²) in [5.41, 5.74) is 2.15. The molecule has 0 fully saturated rings. The molecule has 0 atom stereocenters. The van der Waals surface area contributed by atoms with Gasteiger partial charge in [-0.25, -0.2) is 19.5 Å². The normalized spacial score (nSPS) is 11.3. The topological polar surface area (TPSA) is 132 Å². The average Bonchev–Trinajstić information content (AvgIpc) is 3.61. The number of nitrogens with zero attached hydrogens (tertiary/aromatic N) is 9. The number of aromatic nitrogens is 8. The maximum Gasteiger partial charge on any atom is 0.254 e. The molecule has 13 heteroatoms. The summed E-state index contributed by atoms with van der Waals surface area (Å²) in [6.45, 7) is 1.16. The fourth-order valence-electron chi connectivity index (χ4n) is 4.04. The van der Waals surface area contributed by atoms with E-state index in [1.807, 2.05) is 56.1 Å². The number of imidazole rings is 1. The van der Waals surface area contributed by atoms with E-state index in [1.54, 1.807) is 47.0 Å². The first-order chi connectivity index (χ1) is 18.3. The Balaban J connectivity index is 1.72. The molecule has 0 radical (unpaired) electrons. The molecule has 5 aromatic rings. The van der Waals surface area contributed by atoms with Crippen molar-refractivity contribution in [2.24, 2.45) is 14.1 Å². The van der Waals surface area contributed by atoms with Gasteiger partial charge < -0.3 is 24.8 Å². The van der Waals surface area contributed by atoms with Crippen molar-refractivity contribution >= 4 is 23.1 Å². The molecule has 0 aliphatic carbocycles. The number of anilines is 2. The van der Waals surface area contributed by atoms with Crippen molar-refractivity contribution in [1.82, 2.24) is 49.1 Å². The lowest BCUT2D eigenvalue weighted by atomic mass is 10.1. The monoisotopic (exact) mass is 515 g/mol. The second kappa shape index (κ2) is 10.3. The maximum absolute atomic E-state index is 13.7. The van der Waals surface area contributed by atoms with Crippen molar-refractivity contribution in [3.63, 3.8) is 0 Å². The molecular formula is C25H29N11O2. The predicted octanol–water partition coefficient (Wildman–Crippen LogP) is 1.97. The Morgan fingerprint density at radius 3 is 2.63 bits per heavy atom. The third kappa shape index (κ3) is 4.91. The van der Waals surface area contributed by atoms with Crippen molar-refractivity contribution in [1.29, 1.82) is 0 Å². The van der Waals surface area contributed by atoms with Crippen molar-refractivity contribution < 1.29 is 9.53 Å². The molecule has 5 heterocycles. The van der Waals surface area contributed by atoms with Crippen LogP contribution in [-0.2, 0) is 14.1 Å². The molecule has 196 valence electrons. The maximum atomic E-state index is 13.7. The van der Waals surface area contributed by atoms with Gasteiger partial charge in [0.05, 0.1) is 18.4 Å². The molecule has 13 nitrogen and oxygen atoms in total. The van der Waals surface area contributed by atoms with Crippen molar-refractivity contribution in [2.75, 3.05) is 39.6 Å². The number of nitrogens with one attached hydrogen (secondary N) is 2. The van der Waals surface area contributed by atoms with Gasteiger partial charge in [0.1, 0.15) is 17.1 Å². The lowest BCUT2D eigenvalue weighted by Crippen LogP contribution is -2.31. The van der Waals surface area contributed by atoms with Crippen LogP contribution >= 0.6 is 0 Å². The SMILES string of the molecule is COc1ccnc(Nc2nc(-c3nccn3C)nn3cc(-c4ccn(C)n4)c(C(=O)NCCN(C)C)c23)c1. The fraction of sp³-hybridized carbons (Fsp3) is 0.280. The summed E-state index contributed by atoms with van der Waals surface area (Å²) < 4.78 is 10.5. The molecule has 0 saturated heterocycles. The number of fused-ring (bicyclic) bond motifs is 1. The van der Waals surface area contributed by atoms with E-state index in [0.717, 1.165) is 0 Å². The quantitative estimate of drug-likeness (QED) is 0.302. The summed E-state index contributed by atoms with van der Waals surface area (Å²) >= 11 is 0. The molecule has 0 saturated carbocycles. The molecule has 0 spiro atoms. The zero-order chi connectivity index (χ0) is 26.8. The highest BCUT2D eigenvalue weighted by molar-refractivity contribution is 6.09. The molecule has 38 heavy (non-hydrogen) atoms. The van der Waals surface area contributed by atoms with Crippen molar-refractivity contribution in [3.8, 4) is 28.7 Å². The van der Waals surface area contributed by atoms with E-state index in [-0.39, 0.29) is 5.91 Å². The predicted molar refractivity (Wildman–Crippen MR) is 142 cm³/mol. The van der Waals surface area contributed by atoms with Gasteiger partial charge in [-0.3, -0.25) is 9.48 Å². The van der Waals surface area contributed by atoms with Gasteiger partial charge in [-0.15, -0.1) is 5.10 Å². The minimum absolute atomic E-state index is 0.259. The van der Waals surface area contributed by atoms with E-state index in [0.29, 0.717) is 64.5 Å². The Kier molecular flexibility index (Phi) is 6.75. The standard InChI is InChI=1S/C25H29N11O2/c1-33(2)12-9-28-25(37)20-17(18-7-11-35(4)31-18)15-36-21(20)22(29-19-14-16(38-5)6-8-26-19)30-23(32-36)24-27-10-13-34(24)3/h6-8,10-11,13-15H,9,12H2,1-5H3,(H,28,37)(H,26,29,30,32). The van der Waals surface area contributed by atoms with Gasteiger partial charge in [0.15, 0.2) is 11.6 Å². The number of aryl methyl sites for hydroxylation is 2. The van der Waals surface area contributed by atoms with E-state index in [9.17, 15) is 4.79 Å². The molecule has 2 N–H and O–H groups in total. The molecular weight excluding hydrogens is 486 g/mol. The van der Waals surface area contributed by atoms with Crippen molar-refractivity contribution in [2.45, 2.75) is 0 Å². The van der Waals surface area contributed by atoms with Crippen LogP contribution in [0.1, 0.15) is 10.4 Å². The molecule has 0 aromatic carbocycles. The van der Waals surface area contributed by atoms with Gasteiger partial charge in [0, 0.05) is 69.8 Å². The fourth-order valence-corrected chi connectivity index (χ4v) is 4.04. The minimum atomic E-state index is -0.259. The van der Waals surface area contributed by atoms with Crippen LogP contribution in [0.5, 0.6) is 5.75 Å². The summed E-state index contributed by atoms with van der Waals surface area (Å²) in [7, 11) is 9.19. The van der Waals surface area contributed by atoms with Gasteiger partial charge >= 0.3 is 0 Å². The number of methoxy groups -OCH3 is 1. The Bertz CT molecular complexity index is 1600. The number of hydrogen-bond donors (Lipinski definition) is 2. The Labute approximate surface area is 219 Å². The average molecular weight is 516 g/mol. The van der Waals surface area contributed by atoms with E-state index in [4.69, 9.17) is 14.8 Å². The van der Waals surface area contributed by atoms with Crippen LogP contribution in [0.25, 0.3) is 28.4 Å². The molecule has 5 rings (SSSR count). The van der Waals surface area contributed by atoms with Gasteiger partial charge in [-0.1, -0.05) is 0 Å². The third-order valence-electron chi connectivity index (χ3n) is 5.93. The molecule has 0 bridgehead atoms. The number of hydrogen-bond acceptors (Lipinski definition) is 9. The molecule has 5 aromatic heterocycles. The van der Waals surface area contributed by atoms with Crippen LogP contribution in [0, 0.1) is 0 Å². The first kappa shape index (κ1) is 24.9. The first-order valence-electron chi connectivity index (χ1n) is 11.9. The van der Waals surface area contributed by atoms with E-state index >= 15 is 0 Å². The largest absolute Gasteiger partial charge is 0.497 e. The second-order valence-corrected chi connectivity index (χ2v) is 9.00. The van der Waals surface area contributed by atoms with Crippen LogP contribution in [0.3, 0.4) is 0 Å². The van der Waals surface area contributed by atoms with Gasteiger partial charge in [-0.05, 0) is 26.2 Å². The van der Waals surface area contributed by atoms with Crippen LogP contribution < -0.4 is 15.4 Å². The summed E-state index contributed by atoms with van der Waals surface area (Å²) in [6.07, 6.45) is 8.74. The number of amides is 1. The zero-order valence-corrected chi connectivity index (χ0v) is 21.9. The van der Waals surface area contributed by atoms with Gasteiger partial charge in [-0.2, -0.15) is 5.10 Å². The lowest BCUT2D eigenvalue weighted by molar-refractivity contribution is 0.0953. The summed E-state index contributed by atoms with van der Waals surface area (Å²) in [6, 6.07) is 5.35. The molecule has 0 unspecified atom stereocenters. The first-order valence-corrected chi connectivity index (χ1v) is 11.9. The van der Waals surface area contributed by atoms with Gasteiger partial charge in [0.2, 0.25) is 5.82 Å². The number of ether oxygens (including phenoxy) is 1. The van der Waals surface area contributed by atoms with E-state index < -0.39 is 0 Å². The van der Waals surface area contributed by atoms with Crippen LogP contribution in [0.4, 0.5) is 11.6 Å². The smallest absolute Gasteiger partial charge is 0.254 e. The van der Waals surface area contributed by atoms with Crippen LogP contribution in [0.15, 0.2) is 49.2 Å². The Morgan fingerprint density at radius 2 is 1.95 bits per heavy atom. The molecule has 1 amide bonds. The summed E-state index contributed by atoms with van der Waals surface area (Å²) in [5, 5.41) is 15.6. The number of rotatable bonds is 9. The number of likely N-dealkylation sites (N-methyl/N-ethyl adjacent to an activating group) is 1. The summed E-state index contributed by atoms with van der Waals surface area (Å²) in [5.74, 6) is 2.19. The minimum Gasteiger partial charge on any atom is -0.497 e. The van der Waals surface area contributed by atoms with E-state index in [2.05, 4.69) is 25.7 Å². The van der Waals surface area contributed by atoms with E-state index in [1.165, 1.54) is 0 Å². The second-order valence-electron chi connectivity index (χ2n) is 9.00. The summed E-state index contributed by atoms with van der Waals surface area (Å²) in [4.78, 5) is 29.3. The Hall–Kier alpha value is -4.78. The highest BCUT2D eigenvalue weighted by atomic mass is 16.5. The highest BCUT2D eigenvalue weighted by Crippen LogP contribution is 2.33. The van der Waals surface area contributed by atoms with Gasteiger partial charge in [0.25, 0.3) is 5.91 Å². The lowest BCUT2D eigenvalue weighted by Gasteiger charge is -2.13. The highest BCUT2D eigenvalue weighted by Gasteiger charge is 2.26. The molecule has 0 aliphatic heterocycles. The molecule has 0 aliphatic rings. The van der Waals surface area contributed by atoms with Crippen molar-refractivity contribution in [3.05, 3.63) is 54.7 Å². The number of carbonyl (C=O) groups excluding carboxylic acids is 1. The Morgan fingerprint density at radius 1 is 1.11 bits per heavy atom. The number of carbonyl (C=O) groups is 1. The van der Waals surface area contributed by atoms with Crippen LogP contribution in [0.2, 0.25) is 0 Å². The van der Waals surface area contributed by atoms with Crippen LogP contribution in [-0.4, -0.2) is 84.0 Å². The third-order valence-corrected chi connectivity index (χ3v) is 5.93. The number of pyridine rings is 1. The zero-order valence-electron chi connectivity index (χ0n) is 21.9.